The molecule has 25 heavy (non-hydrogen) atoms. The first-order valence-electron chi connectivity index (χ1n) is 7.60. The van der Waals surface area contributed by atoms with Gasteiger partial charge in [-0.1, -0.05) is 36.4 Å². The van der Waals surface area contributed by atoms with E-state index >= 15 is 0 Å². The number of halogens is 3. The zero-order valence-electron chi connectivity index (χ0n) is 12.9. The predicted molar refractivity (Wildman–Crippen MR) is 89.3 cm³/mol. The fourth-order valence-electron chi connectivity index (χ4n) is 2.75. The summed E-state index contributed by atoms with van der Waals surface area (Å²) in [4.78, 5) is 8.83. The van der Waals surface area contributed by atoms with Crippen LogP contribution in [0.15, 0.2) is 72.9 Å². The fraction of sp³-hybridized carbons (Fsp3) is 0.0526. The predicted octanol–water partition coefficient (Wildman–Crippen LogP) is 5.11. The van der Waals surface area contributed by atoms with E-state index in [0.717, 1.165) is 17.7 Å². The van der Waals surface area contributed by atoms with Crippen LogP contribution in [0.1, 0.15) is 5.56 Å². The van der Waals surface area contributed by atoms with E-state index in [4.69, 9.17) is 0 Å². The molecule has 0 N–H and O–H groups in total. The highest BCUT2D eigenvalue weighted by atomic mass is 19.4. The topological polar surface area (TPSA) is 30.7 Å². The fourth-order valence-corrected chi connectivity index (χ4v) is 2.75. The summed E-state index contributed by atoms with van der Waals surface area (Å²) in [6.07, 6.45) is -2.82. The molecule has 0 spiro atoms. The maximum Gasteiger partial charge on any atom is 0.416 e. The van der Waals surface area contributed by atoms with Crippen molar-refractivity contribution in [3.8, 4) is 17.2 Å². The molecule has 2 aromatic heterocycles. The Morgan fingerprint density at radius 2 is 1.60 bits per heavy atom. The lowest BCUT2D eigenvalue weighted by molar-refractivity contribution is -0.137. The maximum atomic E-state index is 13.1. The van der Waals surface area contributed by atoms with Crippen LogP contribution in [0.3, 0.4) is 0 Å². The number of pyridine rings is 1. The second-order valence-corrected chi connectivity index (χ2v) is 5.53. The van der Waals surface area contributed by atoms with Gasteiger partial charge < -0.3 is 0 Å². The van der Waals surface area contributed by atoms with Gasteiger partial charge in [-0.3, -0.25) is 4.57 Å². The highest BCUT2D eigenvalue weighted by Gasteiger charge is 2.31. The summed E-state index contributed by atoms with van der Waals surface area (Å²) >= 11 is 0. The number of fused-ring (bicyclic) bond motifs is 1. The van der Waals surface area contributed by atoms with Gasteiger partial charge in [0.05, 0.1) is 16.6 Å². The Kier molecular flexibility index (Phi) is 3.53. The molecule has 0 saturated heterocycles. The molecular formula is C19H12F3N3. The van der Waals surface area contributed by atoms with Crippen LogP contribution in [0.5, 0.6) is 0 Å². The summed E-state index contributed by atoms with van der Waals surface area (Å²) in [5.74, 6) is 1.07. The second kappa shape index (κ2) is 5.73. The van der Waals surface area contributed by atoms with Gasteiger partial charge in [0.25, 0.3) is 0 Å². The first kappa shape index (κ1) is 15.4. The van der Waals surface area contributed by atoms with Gasteiger partial charge in [0.2, 0.25) is 0 Å². The second-order valence-electron chi connectivity index (χ2n) is 5.53. The Balaban J connectivity index is 2.05. The molecule has 0 aliphatic carbocycles. The van der Waals surface area contributed by atoms with Crippen molar-refractivity contribution in [2.24, 2.45) is 0 Å². The number of nitrogens with zero attached hydrogens (tertiary/aromatic N) is 3. The lowest BCUT2D eigenvalue weighted by Crippen LogP contribution is -2.05. The van der Waals surface area contributed by atoms with Gasteiger partial charge in [0, 0.05) is 11.8 Å². The van der Waals surface area contributed by atoms with E-state index in [-0.39, 0.29) is 0 Å². The van der Waals surface area contributed by atoms with Crippen molar-refractivity contribution in [1.29, 1.82) is 0 Å². The van der Waals surface area contributed by atoms with E-state index in [9.17, 15) is 13.2 Å². The largest absolute Gasteiger partial charge is 0.416 e. The highest BCUT2D eigenvalue weighted by molar-refractivity contribution is 5.83. The molecule has 0 unspecified atom stereocenters. The summed E-state index contributed by atoms with van der Waals surface area (Å²) in [6, 6.07) is 18.2. The Morgan fingerprint density at radius 1 is 0.840 bits per heavy atom. The number of rotatable bonds is 2. The minimum Gasteiger partial charge on any atom is -0.276 e. The Labute approximate surface area is 141 Å². The van der Waals surface area contributed by atoms with Crippen molar-refractivity contribution in [3.05, 3.63) is 78.5 Å². The Morgan fingerprint density at radius 3 is 2.28 bits per heavy atom. The average Bonchev–Trinajstić information content (AvgIpc) is 3.01. The molecule has 4 rings (SSSR count). The molecule has 0 aliphatic heterocycles. The van der Waals surface area contributed by atoms with E-state index in [1.54, 1.807) is 29.0 Å². The summed E-state index contributed by atoms with van der Waals surface area (Å²) < 4.78 is 41.1. The van der Waals surface area contributed by atoms with Crippen molar-refractivity contribution >= 4 is 11.0 Å². The van der Waals surface area contributed by atoms with Crippen LogP contribution in [0, 0.1) is 0 Å². The molecule has 0 atom stereocenters. The van der Waals surface area contributed by atoms with Crippen LogP contribution >= 0.6 is 0 Å². The number of hydrogen-bond acceptors (Lipinski definition) is 2. The summed E-state index contributed by atoms with van der Waals surface area (Å²) in [5.41, 5.74) is 0.944. The molecule has 2 heterocycles. The molecule has 0 fully saturated rings. The van der Waals surface area contributed by atoms with Crippen LogP contribution in [0.4, 0.5) is 13.2 Å². The normalized spacial score (nSPS) is 11.8. The van der Waals surface area contributed by atoms with Crippen LogP contribution in [0.25, 0.3) is 28.2 Å². The van der Waals surface area contributed by atoms with Crippen LogP contribution < -0.4 is 0 Å². The molecule has 0 bridgehead atoms. The van der Waals surface area contributed by atoms with Crippen molar-refractivity contribution in [1.82, 2.24) is 14.5 Å². The number of hydrogen-bond donors (Lipinski definition) is 0. The number of benzene rings is 2. The molecule has 6 heteroatoms. The van der Waals surface area contributed by atoms with Crippen LogP contribution in [0.2, 0.25) is 0 Å². The SMILES string of the molecule is FC(F)(F)c1ccc2nc(-c3ccccc3)n(-c3ccccn3)c2c1. The standard InChI is InChI=1S/C19H12F3N3/c20-19(21,22)14-9-10-15-16(12-14)25(17-8-4-5-11-23-17)18(24-15)13-6-2-1-3-7-13/h1-12H. The lowest BCUT2D eigenvalue weighted by Gasteiger charge is -2.10. The molecule has 3 nitrogen and oxygen atoms in total. The molecule has 4 aromatic rings. The molecular weight excluding hydrogens is 327 g/mol. The molecule has 0 aliphatic rings. The molecule has 0 amide bonds. The van der Waals surface area contributed by atoms with E-state index in [2.05, 4.69) is 9.97 Å². The van der Waals surface area contributed by atoms with Gasteiger partial charge in [-0.25, -0.2) is 9.97 Å². The molecule has 0 saturated carbocycles. The quantitative estimate of drug-likeness (QED) is 0.508. The number of aromatic nitrogens is 3. The minimum atomic E-state index is -4.42. The average molecular weight is 339 g/mol. The molecule has 0 radical (unpaired) electrons. The smallest absolute Gasteiger partial charge is 0.276 e. The maximum absolute atomic E-state index is 13.1. The summed E-state index contributed by atoms with van der Waals surface area (Å²) in [5, 5.41) is 0. The van der Waals surface area contributed by atoms with E-state index in [1.807, 2.05) is 30.3 Å². The first-order chi connectivity index (χ1) is 12.0. The van der Waals surface area contributed by atoms with Crippen LogP contribution in [-0.4, -0.2) is 14.5 Å². The third-order valence-electron chi connectivity index (χ3n) is 3.89. The van der Waals surface area contributed by atoms with E-state index in [1.165, 1.54) is 6.07 Å². The first-order valence-corrected chi connectivity index (χ1v) is 7.60. The van der Waals surface area contributed by atoms with Gasteiger partial charge in [-0.2, -0.15) is 13.2 Å². The van der Waals surface area contributed by atoms with Crippen molar-refractivity contribution in [2.45, 2.75) is 6.18 Å². The lowest BCUT2D eigenvalue weighted by atomic mass is 10.2. The summed E-state index contributed by atoms with van der Waals surface area (Å²) in [7, 11) is 0. The molecule has 124 valence electrons. The monoisotopic (exact) mass is 339 g/mol. The van der Waals surface area contributed by atoms with E-state index in [0.29, 0.717) is 22.7 Å². The van der Waals surface area contributed by atoms with Crippen molar-refractivity contribution in [2.75, 3.05) is 0 Å². The third kappa shape index (κ3) is 2.76. The zero-order valence-corrected chi connectivity index (χ0v) is 12.9. The van der Waals surface area contributed by atoms with Gasteiger partial charge in [0.1, 0.15) is 11.6 Å². The van der Waals surface area contributed by atoms with Gasteiger partial charge >= 0.3 is 6.18 Å². The Hall–Kier alpha value is -3.15. The Bertz CT molecular complexity index is 1020. The van der Waals surface area contributed by atoms with Gasteiger partial charge in [-0.15, -0.1) is 0 Å². The highest BCUT2D eigenvalue weighted by Crippen LogP contribution is 2.34. The van der Waals surface area contributed by atoms with Gasteiger partial charge in [-0.05, 0) is 30.3 Å². The zero-order chi connectivity index (χ0) is 17.4. The third-order valence-corrected chi connectivity index (χ3v) is 3.89. The molecule has 2 aromatic carbocycles. The van der Waals surface area contributed by atoms with Gasteiger partial charge in [0.15, 0.2) is 0 Å². The summed E-state index contributed by atoms with van der Waals surface area (Å²) in [6.45, 7) is 0. The van der Waals surface area contributed by atoms with E-state index < -0.39 is 11.7 Å². The van der Waals surface area contributed by atoms with Crippen molar-refractivity contribution in [3.63, 3.8) is 0 Å². The minimum absolute atomic E-state index is 0.368. The number of alkyl halides is 3. The number of imidazole rings is 1. The van der Waals surface area contributed by atoms with Crippen molar-refractivity contribution < 1.29 is 13.2 Å². The van der Waals surface area contributed by atoms with Crippen LogP contribution in [-0.2, 0) is 6.18 Å².